The molecular weight excluding hydrogens is 388 g/mol. The molecule has 6 nitrogen and oxygen atoms in total. The van der Waals surface area contributed by atoms with Gasteiger partial charge >= 0.3 is 0 Å². The van der Waals surface area contributed by atoms with Gasteiger partial charge in [0.2, 0.25) is 11.7 Å². The van der Waals surface area contributed by atoms with E-state index in [0.29, 0.717) is 36.6 Å². The van der Waals surface area contributed by atoms with Crippen LogP contribution in [0.25, 0.3) is 0 Å². The Morgan fingerprint density at radius 2 is 1.83 bits per heavy atom. The van der Waals surface area contributed by atoms with Crippen molar-refractivity contribution in [2.75, 3.05) is 41.0 Å². The van der Waals surface area contributed by atoms with Gasteiger partial charge in [-0.3, -0.25) is 9.69 Å². The van der Waals surface area contributed by atoms with Crippen LogP contribution in [0.4, 0.5) is 0 Å². The summed E-state index contributed by atoms with van der Waals surface area (Å²) in [7, 11) is 4.77. The molecule has 0 radical (unpaired) electrons. The minimum Gasteiger partial charge on any atom is -0.493 e. The summed E-state index contributed by atoms with van der Waals surface area (Å²) in [6, 6.07) is 8.30. The summed E-state index contributed by atoms with van der Waals surface area (Å²) < 4.78 is 16.1. The van der Waals surface area contributed by atoms with Gasteiger partial charge in [0.05, 0.1) is 27.4 Å². The second kappa shape index (κ2) is 10.5. The van der Waals surface area contributed by atoms with Crippen molar-refractivity contribution in [3.8, 4) is 17.2 Å². The van der Waals surface area contributed by atoms with Gasteiger partial charge in [-0.25, -0.2) is 0 Å². The highest BCUT2D eigenvalue weighted by Gasteiger charge is 2.24. The van der Waals surface area contributed by atoms with Crippen LogP contribution in [-0.4, -0.2) is 51.8 Å². The van der Waals surface area contributed by atoms with Gasteiger partial charge in [0.15, 0.2) is 11.5 Å². The third-order valence-corrected chi connectivity index (χ3v) is 6.28. The van der Waals surface area contributed by atoms with Crippen LogP contribution < -0.4 is 19.5 Å². The molecule has 1 amide bonds. The molecule has 29 heavy (non-hydrogen) atoms. The van der Waals surface area contributed by atoms with Crippen LogP contribution in [0.2, 0.25) is 0 Å². The maximum Gasteiger partial charge on any atom is 0.220 e. The van der Waals surface area contributed by atoms with Crippen molar-refractivity contribution in [2.45, 2.75) is 31.7 Å². The summed E-state index contributed by atoms with van der Waals surface area (Å²) in [5.41, 5.74) is 0.976. The molecule has 1 aromatic heterocycles. The van der Waals surface area contributed by atoms with Gasteiger partial charge < -0.3 is 19.5 Å². The molecule has 1 N–H and O–H groups in total. The van der Waals surface area contributed by atoms with Crippen LogP contribution in [0, 0.1) is 0 Å². The van der Waals surface area contributed by atoms with Gasteiger partial charge in [-0.05, 0) is 61.5 Å². The molecule has 1 aromatic carbocycles. The zero-order valence-electron chi connectivity index (χ0n) is 17.4. The first-order chi connectivity index (χ1) is 14.2. The van der Waals surface area contributed by atoms with Crippen molar-refractivity contribution < 1.29 is 19.0 Å². The number of likely N-dealkylation sites (tertiary alicyclic amines) is 1. The van der Waals surface area contributed by atoms with E-state index in [4.69, 9.17) is 14.2 Å². The van der Waals surface area contributed by atoms with Crippen LogP contribution in [0.15, 0.2) is 29.6 Å². The highest BCUT2D eigenvalue weighted by molar-refractivity contribution is 7.10. The van der Waals surface area contributed by atoms with Crippen molar-refractivity contribution in [1.82, 2.24) is 10.2 Å². The second-order valence-electron chi connectivity index (χ2n) is 7.11. The van der Waals surface area contributed by atoms with E-state index in [2.05, 4.69) is 27.7 Å². The molecule has 1 atom stereocenters. The summed E-state index contributed by atoms with van der Waals surface area (Å²) in [6.07, 6.45) is 3.49. The average Bonchev–Trinajstić information content (AvgIpc) is 3.46. The van der Waals surface area contributed by atoms with E-state index in [0.717, 1.165) is 18.7 Å². The zero-order valence-corrected chi connectivity index (χ0v) is 18.2. The molecule has 2 aromatic rings. The molecule has 2 heterocycles. The van der Waals surface area contributed by atoms with Crippen molar-refractivity contribution >= 4 is 17.2 Å². The SMILES string of the molecule is COc1cc(CCC(=O)NCC(c2cccs2)N2CCCC2)cc(OC)c1OC. The number of ether oxygens (including phenoxy) is 3. The number of thiophene rings is 1. The highest BCUT2D eigenvalue weighted by atomic mass is 32.1. The molecule has 3 rings (SSSR count). The van der Waals surface area contributed by atoms with Gasteiger partial charge in [-0.1, -0.05) is 6.07 Å². The molecule has 1 fully saturated rings. The normalized spacial score (nSPS) is 15.1. The summed E-state index contributed by atoms with van der Waals surface area (Å²) in [5.74, 6) is 1.83. The van der Waals surface area contributed by atoms with Crippen LogP contribution >= 0.6 is 11.3 Å². The number of nitrogens with one attached hydrogen (secondary N) is 1. The fraction of sp³-hybridized carbons (Fsp3) is 0.500. The number of carbonyl (C=O) groups excluding carboxylic acids is 1. The molecule has 1 unspecified atom stereocenters. The highest BCUT2D eigenvalue weighted by Crippen LogP contribution is 2.38. The maximum atomic E-state index is 12.5. The number of carbonyl (C=O) groups is 1. The summed E-state index contributed by atoms with van der Waals surface area (Å²) >= 11 is 1.76. The van der Waals surface area contributed by atoms with E-state index < -0.39 is 0 Å². The van der Waals surface area contributed by atoms with Gasteiger partial charge in [0.1, 0.15) is 0 Å². The lowest BCUT2D eigenvalue weighted by Gasteiger charge is -2.27. The minimum absolute atomic E-state index is 0.0551. The first kappa shape index (κ1) is 21.5. The van der Waals surface area contributed by atoms with Gasteiger partial charge in [-0.15, -0.1) is 11.3 Å². The quantitative estimate of drug-likeness (QED) is 0.638. The molecule has 0 bridgehead atoms. The molecule has 1 aliphatic rings. The third-order valence-electron chi connectivity index (χ3n) is 5.31. The lowest BCUT2D eigenvalue weighted by Crippen LogP contribution is -2.36. The molecule has 1 saturated heterocycles. The Bertz CT molecular complexity index is 763. The van der Waals surface area contributed by atoms with Crippen molar-refractivity contribution in [3.63, 3.8) is 0 Å². The third kappa shape index (κ3) is 5.42. The Morgan fingerprint density at radius 1 is 1.14 bits per heavy atom. The second-order valence-corrected chi connectivity index (χ2v) is 8.09. The Morgan fingerprint density at radius 3 is 2.38 bits per heavy atom. The predicted octanol–water partition coefficient (Wildman–Crippen LogP) is 3.66. The van der Waals surface area contributed by atoms with Gasteiger partial charge in [-0.2, -0.15) is 0 Å². The van der Waals surface area contributed by atoms with Gasteiger partial charge in [0.25, 0.3) is 0 Å². The van der Waals surface area contributed by atoms with E-state index in [9.17, 15) is 4.79 Å². The smallest absolute Gasteiger partial charge is 0.220 e. The Labute approximate surface area is 176 Å². The monoisotopic (exact) mass is 418 g/mol. The molecule has 0 aliphatic carbocycles. The topological polar surface area (TPSA) is 60.0 Å². The number of aryl methyl sites for hydroxylation is 1. The van der Waals surface area contributed by atoms with Gasteiger partial charge in [0, 0.05) is 17.8 Å². The number of methoxy groups -OCH3 is 3. The predicted molar refractivity (Wildman–Crippen MR) is 115 cm³/mol. The summed E-state index contributed by atoms with van der Waals surface area (Å²) in [4.78, 5) is 16.3. The van der Waals surface area contributed by atoms with Crippen LogP contribution in [-0.2, 0) is 11.2 Å². The van der Waals surface area contributed by atoms with E-state index in [1.807, 2.05) is 12.1 Å². The van der Waals surface area contributed by atoms with Crippen molar-refractivity contribution in [2.24, 2.45) is 0 Å². The largest absolute Gasteiger partial charge is 0.493 e. The maximum absolute atomic E-state index is 12.5. The lowest BCUT2D eigenvalue weighted by molar-refractivity contribution is -0.121. The van der Waals surface area contributed by atoms with Crippen molar-refractivity contribution in [1.29, 1.82) is 0 Å². The fourth-order valence-electron chi connectivity index (χ4n) is 3.78. The number of rotatable bonds is 10. The number of benzene rings is 1. The Hall–Kier alpha value is -2.25. The molecule has 0 spiro atoms. The molecule has 158 valence electrons. The van der Waals surface area contributed by atoms with E-state index in [-0.39, 0.29) is 11.9 Å². The van der Waals surface area contributed by atoms with Crippen LogP contribution in [0.3, 0.4) is 0 Å². The molecule has 1 aliphatic heterocycles. The fourth-order valence-corrected chi connectivity index (χ4v) is 4.64. The van der Waals surface area contributed by atoms with Crippen LogP contribution in [0.5, 0.6) is 17.2 Å². The minimum atomic E-state index is 0.0551. The average molecular weight is 419 g/mol. The zero-order chi connectivity index (χ0) is 20.6. The Balaban J connectivity index is 1.58. The number of hydrogen-bond acceptors (Lipinski definition) is 6. The van der Waals surface area contributed by atoms with E-state index >= 15 is 0 Å². The van der Waals surface area contributed by atoms with E-state index in [1.54, 1.807) is 32.7 Å². The molecule has 0 saturated carbocycles. The number of nitrogens with zero attached hydrogens (tertiary/aromatic N) is 1. The molecular formula is C22H30N2O4S. The summed E-state index contributed by atoms with van der Waals surface area (Å²) in [6.45, 7) is 2.85. The number of hydrogen-bond donors (Lipinski definition) is 1. The summed E-state index contributed by atoms with van der Waals surface area (Å²) in [5, 5.41) is 5.24. The van der Waals surface area contributed by atoms with Crippen LogP contribution in [0.1, 0.15) is 35.7 Å². The first-order valence-electron chi connectivity index (χ1n) is 9.99. The Kier molecular flexibility index (Phi) is 7.77. The first-order valence-corrected chi connectivity index (χ1v) is 10.9. The molecule has 7 heteroatoms. The van der Waals surface area contributed by atoms with E-state index in [1.165, 1.54) is 17.7 Å². The lowest BCUT2D eigenvalue weighted by atomic mass is 10.1. The number of amides is 1. The van der Waals surface area contributed by atoms with Crippen molar-refractivity contribution in [3.05, 3.63) is 40.1 Å². The standard InChI is InChI=1S/C22H30N2O4S/c1-26-18-13-16(14-19(27-2)22(18)28-3)8-9-21(25)23-15-17(20-7-6-12-29-20)24-10-4-5-11-24/h6-7,12-14,17H,4-5,8-11,15H2,1-3H3,(H,23,25).